The minimum atomic E-state index is 0.472. The summed E-state index contributed by atoms with van der Waals surface area (Å²) >= 11 is 0. The molecule has 0 saturated heterocycles. The van der Waals surface area contributed by atoms with Gasteiger partial charge in [-0.3, -0.25) is 0 Å². The largest absolute Gasteiger partial charge is 0.377 e. The maximum absolute atomic E-state index is 6.04. The van der Waals surface area contributed by atoms with Crippen LogP contribution in [0.2, 0.25) is 0 Å². The van der Waals surface area contributed by atoms with Gasteiger partial charge in [-0.05, 0) is 57.4 Å². The Bertz CT molecular complexity index is 227. The summed E-state index contributed by atoms with van der Waals surface area (Å²) in [6, 6.07) is 0.588. The summed E-state index contributed by atoms with van der Waals surface area (Å²) in [5, 5.41) is 3.57. The van der Waals surface area contributed by atoms with Crippen LogP contribution < -0.4 is 5.32 Å². The predicted octanol–water partition coefficient (Wildman–Crippen LogP) is 3.22. The molecule has 2 saturated carbocycles. The average molecular weight is 239 g/mol. The van der Waals surface area contributed by atoms with Crippen LogP contribution in [0.5, 0.6) is 0 Å². The Morgan fingerprint density at radius 2 is 1.94 bits per heavy atom. The van der Waals surface area contributed by atoms with Gasteiger partial charge in [0.2, 0.25) is 0 Å². The van der Waals surface area contributed by atoms with E-state index in [-0.39, 0.29) is 0 Å². The third kappa shape index (κ3) is 3.45. The van der Waals surface area contributed by atoms with Crippen LogP contribution in [-0.4, -0.2) is 25.8 Å². The van der Waals surface area contributed by atoms with Crippen molar-refractivity contribution in [2.24, 2.45) is 17.8 Å². The van der Waals surface area contributed by atoms with E-state index in [9.17, 15) is 0 Å². The summed E-state index contributed by atoms with van der Waals surface area (Å²) < 4.78 is 6.04. The highest BCUT2D eigenvalue weighted by atomic mass is 16.5. The second-order valence-electron chi connectivity index (χ2n) is 6.10. The van der Waals surface area contributed by atoms with E-state index in [1.165, 1.54) is 38.5 Å². The second-order valence-corrected chi connectivity index (χ2v) is 6.10. The van der Waals surface area contributed by atoms with E-state index in [0.29, 0.717) is 12.1 Å². The number of hydrogen-bond donors (Lipinski definition) is 1. The molecule has 2 nitrogen and oxygen atoms in total. The molecule has 0 bridgehead atoms. The molecule has 0 heterocycles. The van der Waals surface area contributed by atoms with Crippen molar-refractivity contribution in [3.8, 4) is 0 Å². The van der Waals surface area contributed by atoms with E-state index >= 15 is 0 Å². The van der Waals surface area contributed by atoms with Gasteiger partial charge in [0.15, 0.2) is 0 Å². The van der Waals surface area contributed by atoms with Crippen molar-refractivity contribution in [2.45, 2.75) is 64.5 Å². The smallest absolute Gasteiger partial charge is 0.0758 e. The van der Waals surface area contributed by atoms with Crippen LogP contribution in [0.15, 0.2) is 0 Å². The number of rotatable bonds is 6. The zero-order valence-corrected chi connectivity index (χ0v) is 11.7. The monoisotopic (exact) mass is 239 g/mol. The molecular formula is C15H29NO. The molecule has 100 valence electrons. The molecule has 2 fully saturated rings. The van der Waals surface area contributed by atoms with Gasteiger partial charge in [-0.2, -0.15) is 0 Å². The van der Waals surface area contributed by atoms with Gasteiger partial charge < -0.3 is 10.1 Å². The van der Waals surface area contributed by atoms with E-state index in [1.807, 2.05) is 0 Å². The fourth-order valence-corrected chi connectivity index (χ4v) is 3.63. The van der Waals surface area contributed by atoms with E-state index in [2.05, 4.69) is 26.2 Å². The van der Waals surface area contributed by atoms with Crippen molar-refractivity contribution in [3.05, 3.63) is 0 Å². The lowest BCUT2D eigenvalue weighted by atomic mass is 9.76. The summed E-state index contributed by atoms with van der Waals surface area (Å²) in [7, 11) is 2.12. The highest BCUT2D eigenvalue weighted by Gasteiger charge is 2.40. The zero-order chi connectivity index (χ0) is 12.3. The lowest BCUT2D eigenvalue weighted by Gasteiger charge is -2.37. The summed E-state index contributed by atoms with van der Waals surface area (Å²) in [6.45, 7) is 5.40. The average Bonchev–Trinajstić information content (AvgIpc) is 3.13. The van der Waals surface area contributed by atoms with Crippen molar-refractivity contribution in [1.29, 1.82) is 0 Å². The lowest BCUT2D eigenvalue weighted by molar-refractivity contribution is -0.00323. The quantitative estimate of drug-likeness (QED) is 0.768. The molecule has 4 unspecified atom stereocenters. The Balaban J connectivity index is 1.96. The second kappa shape index (κ2) is 6.19. The Morgan fingerprint density at radius 1 is 1.18 bits per heavy atom. The van der Waals surface area contributed by atoms with Crippen LogP contribution in [0.3, 0.4) is 0 Å². The molecular weight excluding hydrogens is 210 g/mol. The fourth-order valence-electron chi connectivity index (χ4n) is 3.63. The van der Waals surface area contributed by atoms with Gasteiger partial charge in [0, 0.05) is 12.6 Å². The molecule has 2 rings (SSSR count). The van der Waals surface area contributed by atoms with Crippen molar-refractivity contribution >= 4 is 0 Å². The SMILES string of the molecule is CCOC(C1CC1)C(NC)C1CCCC(C)C1. The standard InChI is InChI=1S/C15H29NO/c1-4-17-15(12-8-9-12)14(16-3)13-7-5-6-11(2)10-13/h11-16H,4-10H2,1-3H3. The normalized spacial score (nSPS) is 33.4. The number of likely N-dealkylation sites (N-methyl/N-ethyl adjacent to an activating group) is 1. The first-order chi connectivity index (χ1) is 8.26. The Hall–Kier alpha value is -0.0800. The first kappa shape index (κ1) is 13.4. The third-order valence-electron chi connectivity index (χ3n) is 4.62. The van der Waals surface area contributed by atoms with Gasteiger partial charge in [-0.25, -0.2) is 0 Å². The van der Waals surface area contributed by atoms with E-state index < -0.39 is 0 Å². The first-order valence-electron chi connectivity index (χ1n) is 7.55. The van der Waals surface area contributed by atoms with Crippen molar-refractivity contribution < 1.29 is 4.74 Å². The van der Waals surface area contributed by atoms with Crippen molar-refractivity contribution in [2.75, 3.05) is 13.7 Å². The van der Waals surface area contributed by atoms with Gasteiger partial charge in [-0.1, -0.05) is 19.8 Å². The van der Waals surface area contributed by atoms with Crippen molar-refractivity contribution in [1.82, 2.24) is 5.32 Å². The molecule has 0 amide bonds. The number of nitrogens with one attached hydrogen (secondary N) is 1. The topological polar surface area (TPSA) is 21.3 Å². The van der Waals surface area contributed by atoms with Crippen LogP contribution >= 0.6 is 0 Å². The molecule has 1 N–H and O–H groups in total. The molecule has 2 aliphatic rings. The van der Waals surface area contributed by atoms with Crippen LogP contribution in [0, 0.1) is 17.8 Å². The molecule has 0 radical (unpaired) electrons. The maximum atomic E-state index is 6.04. The van der Waals surface area contributed by atoms with Crippen LogP contribution in [0.4, 0.5) is 0 Å². The minimum absolute atomic E-state index is 0.472. The number of hydrogen-bond acceptors (Lipinski definition) is 2. The lowest BCUT2D eigenvalue weighted by Crippen LogP contribution is -2.47. The predicted molar refractivity (Wildman–Crippen MR) is 72.1 cm³/mol. The Labute approximate surface area is 107 Å². The van der Waals surface area contributed by atoms with Gasteiger partial charge in [-0.15, -0.1) is 0 Å². The van der Waals surface area contributed by atoms with Crippen LogP contribution in [0.25, 0.3) is 0 Å². The molecule has 17 heavy (non-hydrogen) atoms. The third-order valence-corrected chi connectivity index (χ3v) is 4.62. The summed E-state index contributed by atoms with van der Waals surface area (Å²) in [5.74, 6) is 2.58. The van der Waals surface area contributed by atoms with Gasteiger partial charge >= 0.3 is 0 Å². The van der Waals surface area contributed by atoms with Gasteiger partial charge in [0.1, 0.15) is 0 Å². The van der Waals surface area contributed by atoms with Gasteiger partial charge in [0.05, 0.1) is 6.10 Å². The molecule has 0 aliphatic heterocycles. The molecule has 0 aromatic heterocycles. The van der Waals surface area contributed by atoms with Crippen LogP contribution in [-0.2, 0) is 4.74 Å². The zero-order valence-electron chi connectivity index (χ0n) is 11.7. The molecule has 0 aromatic carbocycles. The summed E-state index contributed by atoms with van der Waals surface area (Å²) in [5.41, 5.74) is 0. The highest BCUT2D eigenvalue weighted by Crippen LogP contribution is 2.40. The molecule has 2 heteroatoms. The van der Waals surface area contributed by atoms with Crippen LogP contribution in [0.1, 0.15) is 52.4 Å². The minimum Gasteiger partial charge on any atom is -0.377 e. The Morgan fingerprint density at radius 3 is 2.47 bits per heavy atom. The molecule has 2 aliphatic carbocycles. The Kier molecular flexibility index (Phi) is 4.87. The fraction of sp³-hybridized carbons (Fsp3) is 1.00. The van der Waals surface area contributed by atoms with E-state index in [0.717, 1.165) is 24.4 Å². The summed E-state index contributed by atoms with van der Waals surface area (Å²) in [6.07, 6.45) is 8.85. The van der Waals surface area contributed by atoms with E-state index in [4.69, 9.17) is 4.74 Å². The highest BCUT2D eigenvalue weighted by molar-refractivity contribution is 4.94. The van der Waals surface area contributed by atoms with E-state index in [1.54, 1.807) is 0 Å². The molecule has 0 spiro atoms. The maximum Gasteiger partial charge on any atom is 0.0758 e. The summed E-state index contributed by atoms with van der Waals surface area (Å²) in [4.78, 5) is 0. The van der Waals surface area contributed by atoms with Gasteiger partial charge in [0.25, 0.3) is 0 Å². The molecule has 4 atom stereocenters. The first-order valence-corrected chi connectivity index (χ1v) is 7.55. The molecule has 0 aromatic rings. The van der Waals surface area contributed by atoms with Crippen molar-refractivity contribution in [3.63, 3.8) is 0 Å². The number of ether oxygens (including phenoxy) is 1.